The van der Waals surface area contributed by atoms with Crippen molar-refractivity contribution in [3.8, 4) is 0 Å². The quantitative estimate of drug-likeness (QED) is 0.812. The molecule has 3 nitrogen and oxygen atoms in total. The number of hydrogen-bond donors (Lipinski definition) is 0. The van der Waals surface area contributed by atoms with Gasteiger partial charge in [0.05, 0.1) is 0 Å². The van der Waals surface area contributed by atoms with Gasteiger partial charge in [0.15, 0.2) is 11.6 Å². The molecule has 3 heteroatoms. The molecule has 0 fully saturated rings. The molecule has 0 atom stereocenters. The fraction of sp³-hybridized carbons (Fsp3) is 0.211. The van der Waals surface area contributed by atoms with Crippen LogP contribution in [0.2, 0.25) is 0 Å². The Morgan fingerprint density at radius 3 is 1.86 bits per heavy atom. The lowest BCUT2D eigenvalue weighted by Gasteiger charge is -2.26. The van der Waals surface area contributed by atoms with Crippen molar-refractivity contribution >= 4 is 17.3 Å². The SMILES string of the molecule is CC(=O)CCC1(c2ccccc2)C(=O)c2ccccc2C1=O. The first kappa shape index (κ1) is 14.4. The van der Waals surface area contributed by atoms with Crippen molar-refractivity contribution in [2.45, 2.75) is 25.2 Å². The average Bonchev–Trinajstić information content (AvgIpc) is 2.76. The van der Waals surface area contributed by atoms with E-state index in [1.807, 2.05) is 18.2 Å². The maximum atomic E-state index is 13.0. The number of carbonyl (C=O) groups excluding carboxylic acids is 3. The number of Topliss-reactive ketones (excluding diaryl/α,β-unsaturated/α-hetero) is 3. The molecule has 0 unspecified atom stereocenters. The van der Waals surface area contributed by atoms with Crippen molar-refractivity contribution < 1.29 is 14.4 Å². The summed E-state index contributed by atoms with van der Waals surface area (Å²) in [5.74, 6) is -0.409. The van der Waals surface area contributed by atoms with Crippen LogP contribution in [-0.4, -0.2) is 17.3 Å². The third kappa shape index (κ3) is 2.01. The minimum Gasteiger partial charge on any atom is -0.300 e. The molecule has 1 aliphatic rings. The van der Waals surface area contributed by atoms with E-state index in [4.69, 9.17) is 0 Å². The molecule has 2 aromatic carbocycles. The number of fused-ring (bicyclic) bond motifs is 1. The summed E-state index contributed by atoms with van der Waals surface area (Å²) < 4.78 is 0. The highest BCUT2D eigenvalue weighted by Crippen LogP contribution is 2.42. The molecule has 3 rings (SSSR count). The Bertz CT molecular complexity index is 724. The van der Waals surface area contributed by atoms with Gasteiger partial charge < -0.3 is 4.79 Å². The predicted octanol–water partition coefficient (Wildman–Crippen LogP) is 3.37. The Hall–Kier alpha value is -2.55. The number of ketones is 3. The van der Waals surface area contributed by atoms with Crippen LogP contribution < -0.4 is 0 Å². The van der Waals surface area contributed by atoms with Crippen LogP contribution in [0.5, 0.6) is 0 Å². The van der Waals surface area contributed by atoms with E-state index in [1.54, 1.807) is 36.4 Å². The summed E-state index contributed by atoms with van der Waals surface area (Å²) in [6, 6.07) is 16.0. The molecule has 110 valence electrons. The first-order chi connectivity index (χ1) is 10.6. The second kappa shape index (κ2) is 5.34. The van der Waals surface area contributed by atoms with Gasteiger partial charge in [0, 0.05) is 17.5 Å². The molecule has 2 aromatic rings. The first-order valence-corrected chi connectivity index (χ1v) is 7.31. The molecule has 1 aliphatic carbocycles. The molecular weight excluding hydrogens is 276 g/mol. The monoisotopic (exact) mass is 292 g/mol. The third-order valence-corrected chi connectivity index (χ3v) is 4.31. The highest BCUT2D eigenvalue weighted by Gasteiger charge is 2.53. The standard InChI is InChI=1S/C19H16O3/c1-13(20)11-12-19(14-7-3-2-4-8-14)17(21)15-9-5-6-10-16(15)18(19)22/h2-10H,11-12H2,1H3. The van der Waals surface area contributed by atoms with Gasteiger partial charge in [-0.2, -0.15) is 0 Å². The molecule has 0 aromatic heterocycles. The van der Waals surface area contributed by atoms with Crippen molar-refractivity contribution in [2.24, 2.45) is 0 Å². The fourth-order valence-electron chi connectivity index (χ4n) is 3.16. The number of hydrogen-bond acceptors (Lipinski definition) is 3. The summed E-state index contributed by atoms with van der Waals surface area (Å²) in [5, 5.41) is 0. The Kier molecular flexibility index (Phi) is 3.49. The largest absolute Gasteiger partial charge is 0.300 e. The van der Waals surface area contributed by atoms with Gasteiger partial charge in [-0.15, -0.1) is 0 Å². The van der Waals surface area contributed by atoms with Crippen molar-refractivity contribution in [3.05, 3.63) is 71.3 Å². The molecule has 0 spiro atoms. The summed E-state index contributed by atoms with van der Waals surface area (Å²) in [6.45, 7) is 1.48. The Morgan fingerprint density at radius 2 is 1.36 bits per heavy atom. The molecule has 0 saturated carbocycles. The molecule has 0 N–H and O–H groups in total. The van der Waals surface area contributed by atoms with Crippen LogP contribution in [0.15, 0.2) is 54.6 Å². The van der Waals surface area contributed by atoms with Gasteiger partial charge in [0.25, 0.3) is 0 Å². The normalized spacial score (nSPS) is 15.7. The van der Waals surface area contributed by atoms with Gasteiger partial charge in [-0.1, -0.05) is 54.6 Å². The van der Waals surface area contributed by atoms with Crippen LogP contribution in [0.1, 0.15) is 46.0 Å². The minimum atomic E-state index is -1.25. The lowest BCUT2D eigenvalue weighted by molar-refractivity contribution is -0.117. The Balaban J connectivity index is 2.18. The van der Waals surface area contributed by atoms with E-state index in [0.29, 0.717) is 16.7 Å². The molecule has 0 aliphatic heterocycles. The zero-order valence-electron chi connectivity index (χ0n) is 12.3. The molecule has 0 radical (unpaired) electrons. The molecule has 0 bridgehead atoms. The van der Waals surface area contributed by atoms with Gasteiger partial charge in [-0.05, 0) is 18.9 Å². The van der Waals surface area contributed by atoms with Crippen LogP contribution in [-0.2, 0) is 10.2 Å². The number of carbonyl (C=O) groups is 3. The second-order valence-electron chi connectivity index (χ2n) is 5.68. The minimum absolute atomic E-state index is 0.0214. The summed E-state index contributed by atoms with van der Waals surface area (Å²) >= 11 is 0. The molecular formula is C19H16O3. The van der Waals surface area contributed by atoms with Gasteiger partial charge in [0.2, 0.25) is 0 Å². The highest BCUT2D eigenvalue weighted by atomic mass is 16.2. The van der Waals surface area contributed by atoms with Gasteiger partial charge in [-0.25, -0.2) is 0 Å². The van der Waals surface area contributed by atoms with E-state index >= 15 is 0 Å². The maximum Gasteiger partial charge on any atom is 0.181 e. The van der Waals surface area contributed by atoms with Gasteiger partial charge in [0.1, 0.15) is 11.2 Å². The third-order valence-electron chi connectivity index (χ3n) is 4.31. The number of benzene rings is 2. The first-order valence-electron chi connectivity index (χ1n) is 7.31. The summed E-state index contributed by atoms with van der Waals surface area (Å²) in [6.07, 6.45) is 0.430. The maximum absolute atomic E-state index is 13.0. The van der Waals surface area contributed by atoms with Crippen LogP contribution in [0.25, 0.3) is 0 Å². The number of rotatable bonds is 4. The highest BCUT2D eigenvalue weighted by molar-refractivity contribution is 6.33. The summed E-state index contributed by atoms with van der Waals surface area (Å²) in [7, 11) is 0. The lowest BCUT2D eigenvalue weighted by Crippen LogP contribution is -2.38. The fourth-order valence-corrected chi connectivity index (χ4v) is 3.16. The smallest absolute Gasteiger partial charge is 0.181 e. The van der Waals surface area contributed by atoms with Crippen molar-refractivity contribution in [2.75, 3.05) is 0 Å². The van der Waals surface area contributed by atoms with E-state index in [2.05, 4.69) is 0 Å². The van der Waals surface area contributed by atoms with E-state index in [9.17, 15) is 14.4 Å². The molecule has 0 saturated heterocycles. The summed E-state index contributed by atoms with van der Waals surface area (Å²) in [4.78, 5) is 37.5. The second-order valence-corrected chi connectivity index (χ2v) is 5.68. The van der Waals surface area contributed by atoms with E-state index in [1.165, 1.54) is 6.92 Å². The molecule has 0 heterocycles. The van der Waals surface area contributed by atoms with Crippen LogP contribution in [0.4, 0.5) is 0 Å². The van der Waals surface area contributed by atoms with E-state index in [0.717, 1.165) is 0 Å². The zero-order chi connectivity index (χ0) is 15.7. The van der Waals surface area contributed by atoms with E-state index < -0.39 is 5.41 Å². The predicted molar refractivity (Wildman–Crippen MR) is 83.1 cm³/mol. The Morgan fingerprint density at radius 1 is 0.864 bits per heavy atom. The van der Waals surface area contributed by atoms with Crippen molar-refractivity contribution in [3.63, 3.8) is 0 Å². The van der Waals surface area contributed by atoms with E-state index in [-0.39, 0.29) is 30.2 Å². The van der Waals surface area contributed by atoms with Gasteiger partial charge in [-0.3, -0.25) is 9.59 Å². The van der Waals surface area contributed by atoms with Crippen LogP contribution in [0, 0.1) is 0 Å². The topological polar surface area (TPSA) is 51.2 Å². The zero-order valence-corrected chi connectivity index (χ0v) is 12.3. The van der Waals surface area contributed by atoms with Gasteiger partial charge >= 0.3 is 0 Å². The molecule has 0 amide bonds. The average molecular weight is 292 g/mol. The van der Waals surface area contributed by atoms with Crippen LogP contribution in [0.3, 0.4) is 0 Å². The van der Waals surface area contributed by atoms with Crippen LogP contribution >= 0.6 is 0 Å². The summed E-state index contributed by atoms with van der Waals surface area (Å²) in [5.41, 5.74) is 0.332. The molecule has 22 heavy (non-hydrogen) atoms. The lowest BCUT2D eigenvalue weighted by atomic mass is 9.72. The van der Waals surface area contributed by atoms with Crippen molar-refractivity contribution in [1.29, 1.82) is 0 Å². The van der Waals surface area contributed by atoms with Crippen molar-refractivity contribution in [1.82, 2.24) is 0 Å². The Labute approximate surface area is 129 Å².